The Hall–Kier alpha value is -2.65. The molecule has 32 heavy (non-hydrogen) atoms. The molecule has 5 nitrogen and oxygen atoms in total. The molecule has 1 aromatic heterocycles. The van der Waals surface area contributed by atoms with Crippen molar-refractivity contribution >= 4 is 29.2 Å². The van der Waals surface area contributed by atoms with Crippen LogP contribution in [-0.4, -0.2) is 23.1 Å². The van der Waals surface area contributed by atoms with E-state index in [1.807, 2.05) is 19.1 Å². The van der Waals surface area contributed by atoms with Crippen LogP contribution < -0.4 is 10.6 Å². The van der Waals surface area contributed by atoms with E-state index in [0.717, 1.165) is 32.4 Å². The van der Waals surface area contributed by atoms with Crippen molar-refractivity contribution in [2.24, 2.45) is 11.1 Å². The Morgan fingerprint density at radius 1 is 1.09 bits per heavy atom. The third-order valence-corrected chi connectivity index (χ3v) is 7.86. The van der Waals surface area contributed by atoms with Crippen molar-refractivity contribution < 1.29 is 0 Å². The third kappa shape index (κ3) is 3.34. The molecule has 1 saturated heterocycles. The highest BCUT2D eigenvalue weighted by Crippen LogP contribution is 2.51. The molecule has 1 aliphatic heterocycles. The van der Waals surface area contributed by atoms with E-state index in [-0.39, 0.29) is 11.5 Å². The largest absolute Gasteiger partial charge is 0.341 e. The molecular formula is C25H23Cl2N5. The topological polar surface area (TPSA) is 78.8 Å². The molecule has 5 rings (SSSR count). The van der Waals surface area contributed by atoms with Gasteiger partial charge in [0.25, 0.3) is 0 Å². The minimum Gasteiger partial charge on any atom is -0.341 e. The SMILES string of the molecule is Cc1nc(N2CCC3(CC2)Cc2ccccc2[C@H]3N)nc(C#N)c1-c1cccc(Cl)c1Cl. The number of halogens is 2. The Morgan fingerprint density at radius 2 is 1.84 bits per heavy atom. The summed E-state index contributed by atoms with van der Waals surface area (Å²) in [4.78, 5) is 11.5. The lowest BCUT2D eigenvalue weighted by Crippen LogP contribution is -2.45. The van der Waals surface area contributed by atoms with Gasteiger partial charge in [0.05, 0.1) is 15.7 Å². The fourth-order valence-corrected chi connectivity index (χ4v) is 5.65. The van der Waals surface area contributed by atoms with Gasteiger partial charge in [0.1, 0.15) is 6.07 Å². The molecule has 0 unspecified atom stereocenters. The molecule has 0 amide bonds. The number of nitrogens with two attached hydrogens (primary N) is 1. The number of aromatic nitrogens is 2. The van der Waals surface area contributed by atoms with Crippen LogP contribution in [0.3, 0.4) is 0 Å². The molecule has 1 fully saturated rings. The van der Waals surface area contributed by atoms with E-state index in [1.165, 1.54) is 11.1 Å². The number of hydrogen-bond acceptors (Lipinski definition) is 5. The van der Waals surface area contributed by atoms with Gasteiger partial charge >= 0.3 is 0 Å². The highest BCUT2D eigenvalue weighted by atomic mass is 35.5. The number of aryl methyl sites for hydroxylation is 1. The molecule has 1 spiro atoms. The Labute approximate surface area is 197 Å². The summed E-state index contributed by atoms with van der Waals surface area (Å²) in [6, 6.07) is 16.2. The number of fused-ring (bicyclic) bond motifs is 1. The van der Waals surface area contributed by atoms with E-state index in [9.17, 15) is 5.26 Å². The van der Waals surface area contributed by atoms with Gasteiger partial charge in [-0.1, -0.05) is 59.6 Å². The Morgan fingerprint density at radius 3 is 2.56 bits per heavy atom. The molecule has 1 aliphatic carbocycles. The minimum atomic E-state index is 0.0607. The molecule has 1 atom stereocenters. The first-order valence-electron chi connectivity index (χ1n) is 10.7. The summed E-state index contributed by atoms with van der Waals surface area (Å²) < 4.78 is 0. The number of hydrogen-bond donors (Lipinski definition) is 1. The van der Waals surface area contributed by atoms with Gasteiger partial charge in [-0.15, -0.1) is 0 Å². The van der Waals surface area contributed by atoms with E-state index in [4.69, 9.17) is 33.9 Å². The predicted molar refractivity (Wildman–Crippen MR) is 128 cm³/mol. The minimum absolute atomic E-state index is 0.0607. The highest BCUT2D eigenvalue weighted by Gasteiger charge is 2.46. The lowest BCUT2D eigenvalue weighted by molar-refractivity contribution is 0.187. The Kier molecular flexibility index (Phi) is 5.33. The van der Waals surface area contributed by atoms with Crippen molar-refractivity contribution in [3.05, 3.63) is 75.0 Å². The summed E-state index contributed by atoms with van der Waals surface area (Å²) in [6.45, 7) is 3.50. The van der Waals surface area contributed by atoms with Crippen LogP contribution in [0.15, 0.2) is 42.5 Å². The first-order valence-corrected chi connectivity index (χ1v) is 11.5. The smallest absolute Gasteiger partial charge is 0.226 e. The summed E-state index contributed by atoms with van der Waals surface area (Å²) in [6.07, 6.45) is 2.96. The number of piperidine rings is 1. The number of benzene rings is 2. The zero-order chi connectivity index (χ0) is 22.5. The molecule has 0 radical (unpaired) electrons. The predicted octanol–water partition coefficient (Wildman–Crippen LogP) is 5.47. The standard InChI is InChI=1S/C25H23Cl2N5/c1-15-21(18-7-4-8-19(26)22(18)27)20(14-28)31-24(30-15)32-11-9-25(10-12-32)13-16-5-2-3-6-17(16)23(25)29/h2-8,23H,9-13,29H2,1H3/t23-/m1/s1. The Balaban J connectivity index is 1.42. The van der Waals surface area contributed by atoms with E-state index in [0.29, 0.717) is 38.5 Å². The van der Waals surface area contributed by atoms with Crippen molar-refractivity contribution in [2.45, 2.75) is 32.2 Å². The van der Waals surface area contributed by atoms with Crippen molar-refractivity contribution in [3.63, 3.8) is 0 Å². The summed E-state index contributed by atoms with van der Waals surface area (Å²) in [5.41, 5.74) is 11.8. The molecular weight excluding hydrogens is 441 g/mol. The number of anilines is 1. The van der Waals surface area contributed by atoms with Crippen molar-refractivity contribution in [3.8, 4) is 17.2 Å². The average molecular weight is 464 g/mol. The zero-order valence-corrected chi connectivity index (χ0v) is 19.3. The molecule has 0 saturated carbocycles. The lowest BCUT2D eigenvalue weighted by Gasteiger charge is -2.42. The maximum Gasteiger partial charge on any atom is 0.226 e. The van der Waals surface area contributed by atoms with Crippen LogP contribution in [0.1, 0.15) is 41.4 Å². The van der Waals surface area contributed by atoms with Crippen LogP contribution in [0.25, 0.3) is 11.1 Å². The lowest BCUT2D eigenvalue weighted by atomic mass is 9.73. The van der Waals surface area contributed by atoms with Crippen LogP contribution >= 0.6 is 23.2 Å². The summed E-state index contributed by atoms with van der Waals surface area (Å²) in [5.74, 6) is 0.583. The van der Waals surface area contributed by atoms with Gasteiger partial charge in [-0.3, -0.25) is 0 Å². The van der Waals surface area contributed by atoms with Gasteiger partial charge in [-0.05, 0) is 48.8 Å². The van der Waals surface area contributed by atoms with Gasteiger partial charge < -0.3 is 10.6 Å². The average Bonchev–Trinajstić information content (AvgIpc) is 3.07. The van der Waals surface area contributed by atoms with E-state index >= 15 is 0 Å². The second-order valence-electron chi connectivity index (χ2n) is 8.75. The van der Waals surface area contributed by atoms with Gasteiger partial charge in [-0.25, -0.2) is 9.97 Å². The zero-order valence-electron chi connectivity index (χ0n) is 17.8. The maximum absolute atomic E-state index is 9.84. The molecule has 7 heteroatoms. The van der Waals surface area contributed by atoms with Crippen LogP contribution in [0.5, 0.6) is 0 Å². The van der Waals surface area contributed by atoms with Crippen molar-refractivity contribution in [1.29, 1.82) is 5.26 Å². The molecule has 2 aliphatic rings. The first kappa shape index (κ1) is 21.2. The van der Waals surface area contributed by atoms with Gasteiger partial charge in [0.2, 0.25) is 5.95 Å². The highest BCUT2D eigenvalue weighted by molar-refractivity contribution is 6.43. The Bertz CT molecular complexity index is 1240. The van der Waals surface area contributed by atoms with Gasteiger partial charge in [0.15, 0.2) is 5.69 Å². The quantitative estimate of drug-likeness (QED) is 0.544. The van der Waals surface area contributed by atoms with Crippen molar-refractivity contribution in [1.82, 2.24) is 9.97 Å². The van der Waals surface area contributed by atoms with E-state index < -0.39 is 0 Å². The van der Waals surface area contributed by atoms with Crippen LogP contribution in [0.2, 0.25) is 10.0 Å². The number of nitriles is 1. The summed E-state index contributed by atoms with van der Waals surface area (Å²) in [7, 11) is 0. The third-order valence-electron chi connectivity index (χ3n) is 7.04. The maximum atomic E-state index is 9.84. The summed E-state index contributed by atoms with van der Waals surface area (Å²) >= 11 is 12.6. The van der Waals surface area contributed by atoms with E-state index in [2.05, 4.69) is 40.2 Å². The second-order valence-corrected chi connectivity index (χ2v) is 9.53. The van der Waals surface area contributed by atoms with Crippen LogP contribution in [0, 0.1) is 23.7 Å². The first-order chi connectivity index (χ1) is 15.4. The number of rotatable bonds is 2. The van der Waals surface area contributed by atoms with E-state index in [1.54, 1.807) is 6.07 Å². The fourth-order valence-electron chi connectivity index (χ4n) is 5.26. The normalized spacial score (nSPS) is 19.1. The van der Waals surface area contributed by atoms with Gasteiger partial charge in [0, 0.05) is 30.3 Å². The fraction of sp³-hybridized carbons (Fsp3) is 0.320. The molecule has 3 aromatic rings. The molecule has 2 heterocycles. The van der Waals surface area contributed by atoms with Crippen molar-refractivity contribution in [2.75, 3.05) is 18.0 Å². The van der Waals surface area contributed by atoms with Crippen LogP contribution in [0.4, 0.5) is 5.95 Å². The molecule has 2 N–H and O–H groups in total. The molecule has 162 valence electrons. The summed E-state index contributed by atoms with van der Waals surface area (Å²) in [5, 5.41) is 10.7. The number of nitrogens with zero attached hydrogens (tertiary/aromatic N) is 4. The van der Waals surface area contributed by atoms with Crippen LogP contribution in [-0.2, 0) is 6.42 Å². The second kappa shape index (κ2) is 8.04. The van der Waals surface area contributed by atoms with Gasteiger partial charge in [-0.2, -0.15) is 5.26 Å². The monoisotopic (exact) mass is 463 g/mol. The molecule has 0 bridgehead atoms. The molecule has 2 aromatic carbocycles.